The predicted molar refractivity (Wildman–Crippen MR) is 83.6 cm³/mol. The van der Waals surface area contributed by atoms with Gasteiger partial charge in [0.1, 0.15) is 12.1 Å². The molecule has 0 bridgehead atoms. The highest BCUT2D eigenvalue weighted by molar-refractivity contribution is 7.18. The molecule has 4 nitrogen and oxygen atoms in total. The van der Waals surface area contributed by atoms with Gasteiger partial charge in [-0.25, -0.2) is 9.97 Å². The highest BCUT2D eigenvalue weighted by Crippen LogP contribution is 2.33. The molecule has 2 aliphatic rings. The topological polar surface area (TPSA) is 32.3 Å². The van der Waals surface area contributed by atoms with E-state index in [1.54, 1.807) is 17.7 Å². The molecule has 0 aromatic carbocycles. The van der Waals surface area contributed by atoms with Crippen LogP contribution in [0.3, 0.4) is 0 Å². The number of rotatable bonds is 2. The number of likely N-dealkylation sites (tertiary alicyclic amines) is 1. The smallest absolute Gasteiger partial charge is 0.150 e. The average Bonchev–Trinajstić information content (AvgIpc) is 3.18. The molecule has 106 valence electrons. The van der Waals surface area contributed by atoms with Gasteiger partial charge >= 0.3 is 0 Å². The predicted octanol–water partition coefficient (Wildman–Crippen LogP) is 2.67. The van der Waals surface area contributed by atoms with Gasteiger partial charge in [0, 0.05) is 19.1 Å². The first-order chi connectivity index (χ1) is 9.83. The number of thiophene rings is 1. The van der Waals surface area contributed by atoms with E-state index in [9.17, 15) is 0 Å². The Bertz CT molecular complexity index is 617. The fraction of sp³-hybridized carbons (Fsp3) is 0.600. The zero-order chi connectivity index (χ0) is 13.5. The summed E-state index contributed by atoms with van der Waals surface area (Å²) in [6.07, 6.45) is 5.74. The molecule has 0 spiro atoms. The molecule has 0 N–H and O–H groups in total. The van der Waals surface area contributed by atoms with Crippen molar-refractivity contribution in [1.82, 2.24) is 14.9 Å². The van der Waals surface area contributed by atoms with Crippen molar-refractivity contribution >= 4 is 27.4 Å². The van der Waals surface area contributed by atoms with Crippen LogP contribution in [-0.2, 0) is 0 Å². The number of anilines is 1. The third kappa shape index (κ3) is 2.00. The van der Waals surface area contributed by atoms with Crippen LogP contribution >= 0.6 is 11.3 Å². The second-order valence-corrected chi connectivity index (χ2v) is 6.80. The molecule has 2 aliphatic heterocycles. The van der Waals surface area contributed by atoms with Gasteiger partial charge < -0.3 is 4.90 Å². The lowest BCUT2D eigenvalue weighted by molar-refractivity contribution is 0.260. The largest absolute Gasteiger partial charge is 0.354 e. The van der Waals surface area contributed by atoms with E-state index in [1.165, 1.54) is 42.6 Å². The summed E-state index contributed by atoms with van der Waals surface area (Å²) in [6, 6.07) is 0.726. The summed E-state index contributed by atoms with van der Waals surface area (Å²) in [5, 5.41) is 2.19. The summed E-state index contributed by atoms with van der Waals surface area (Å²) in [4.78, 5) is 14.1. The van der Waals surface area contributed by atoms with Crippen LogP contribution < -0.4 is 4.90 Å². The van der Waals surface area contributed by atoms with E-state index in [-0.39, 0.29) is 0 Å². The van der Waals surface area contributed by atoms with Gasteiger partial charge in [-0.2, -0.15) is 0 Å². The van der Waals surface area contributed by atoms with Crippen LogP contribution in [0.5, 0.6) is 0 Å². The number of aryl methyl sites for hydroxylation is 1. The van der Waals surface area contributed by atoms with Gasteiger partial charge in [-0.15, -0.1) is 11.3 Å². The molecule has 2 aromatic heterocycles. The van der Waals surface area contributed by atoms with Crippen molar-refractivity contribution in [2.45, 2.75) is 32.2 Å². The number of hydrogen-bond acceptors (Lipinski definition) is 5. The first kappa shape index (κ1) is 12.5. The fourth-order valence-electron chi connectivity index (χ4n) is 3.52. The van der Waals surface area contributed by atoms with E-state index in [1.807, 2.05) is 0 Å². The standard InChI is InChI=1S/C15H20N4S/c1-11-9-20-14-13(11)16-10-17-15(14)19-7-4-12(8-19)18-5-2-3-6-18/h9-10,12H,2-8H2,1H3/t12-/m0/s1. The second kappa shape index (κ2) is 4.97. The van der Waals surface area contributed by atoms with E-state index in [0.717, 1.165) is 30.5 Å². The quantitative estimate of drug-likeness (QED) is 0.850. The van der Waals surface area contributed by atoms with Crippen LogP contribution in [0.15, 0.2) is 11.7 Å². The lowest BCUT2D eigenvalue weighted by Crippen LogP contribution is -2.35. The van der Waals surface area contributed by atoms with Gasteiger partial charge in [-0.1, -0.05) is 0 Å². The highest BCUT2D eigenvalue weighted by Gasteiger charge is 2.30. The van der Waals surface area contributed by atoms with Crippen molar-refractivity contribution in [3.8, 4) is 0 Å². The van der Waals surface area contributed by atoms with E-state index < -0.39 is 0 Å². The first-order valence-corrected chi connectivity index (χ1v) is 8.38. The fourth-order valence-corrected chi connectivity index (χ4v) is 4.54. The summed E-state index contributed by atoms with van der Waals surface area (Å²) in [7, 11) is 0. The molecule has 4 rings (SSSR count). The molecule has 2 aromatic rings. The Morgan fingerprint density at radius 3 is 2.90 bits per heavy atom. The SMILES string of the molecule is Cc1csc2c(N3CC[C@H](N4CCCC4)C3)ncnc12. The van der Waals surface area contributed by atoms with Crippen molar-refractivity contribution in [3.63, 3.8) is 0 Å². The molecular formula is C15H20N4S. The summed E-state index contributed by atoms with van der Waals surface area (Å²) < 4.78 is 1.26. The first-order valence-electron chi connectivity index (χ1n) is 7.51. The summed E-state index contributed by atoms with van der Waals surface area (Å²) in [5.41, 5.74) is 2.40. The van der Waals surface area contributed by atoms with Crippen LogP contribution in [-0.4, -0.2) is 47.1 Å². The minimum Gasteiger partial charge on any atom is -0.354 e. The maximum atomic E-state index is 4.57. The third-order valence-corrected chi connectivity index (χ3v) is 5.72. The molecule has 0 amide bonds. The normalized spacial score (nSPS) is 24.1. The Balaban J connectivity index is 1.61. The number of hydrogen-bond donors (Lipinski definition) is 0. The Labute approximate surface area is 123 Å². The lowest BCUT2D eigenvalue weighted by atomic mass is 10.2. The van der Waals surface area contributed by atoms with Gasteiger partial charge in [0.2, 0.25) is 0 Å². The Hall–Kier alpha value is -1.20. The molecule has 1 atom stereocenters. The summed E-state index contributed by atoms with van der Waals surface area (Å²) >= 11 is 1.78. The highest BCUT2D eigenvalue weighted by atomic mass is 32.1. The van der Waals surface area contributed by atoms with Crippen LogP contribution in [0.2, 0.25) is 0 Å². The average molecular weight is 288 g/mol. The summed E-state index contributed by atoms with van der Waals surface area (Å²) in [6.45, 7) is 6.96. The van der Waals surface area contributed by atoms with E-state index in [4.69, 9.17) is 0 Å². The van der Waals surface area contributed by atoms with E-state index in [2.05, 4.69) is 32.1 Å². The van der Waals surface area contributed by atoms with Crippen LogP contribution in [0.4, 0.5) is 5.82 Å². The molecule has 2 fully saturated rings. The third-order valence-electron chi connectivity index (χ3n) is 4.63. The maximum absolute atomic E-state index is 4.57. The van der Waals surface area contributed by atoms with Crippen LogP contribution in [0, 0.1) is 6.92 Å². The zero-order valence-electron chi connectivity index (χ0n) is 11.9. The van der Waals surface area contributed by atoms with Crippen LogP contribution in [0.1, 0.15) is 24.8 Å². The number of fused-ring (bicyclic) bond motifs is 1. The Kier molecular flexibility index (Phi) is 3.11. The molecule has 4 heterocycles. The second-order valence-electron chi connectivity index (χ2n) is 5.93. The molecule has 0 aliphatic carbocycles. The molecular weight excluding hydrogens is 268 g/mol. The van der Waals surface area contributed by atoms with Crippen LogP contribution in [0.25, 0.3) is 10.2 Å². The number of nitrogens with zero attached hydrogens (tertiary/aromatic N) is 4. The maximum Gasteiger partial charge on any atom is 0.150 e. The molecule has 20 heavy (non-hydrogen) atoms. The van der Waals surface area contributed by atoms with Gasteiger partial charge in [0.25, 0.3) is 0 Å². The van der Waals surface area contributed by atoms with E-state index in [0.29, 0.717) is 0 Å². The summed E-state index contributed by atoms with van der Waals surface area (Å²) in [5.74, 6) is 1.15. The van der Waals surface area contributed by atoms with Gasteiger partial charge in [0.15, 0.2) is 0 Å². The van der Waals surface area contributed by atoms with Gasteiger partial charge in [0.05, 0.1) is 10.2 Å². The molecule has 0 radical (unpaired) electrons. The van der Waals surface area contributed by atoms with Crippen molar-refractivity contribution in [2.75, 3.05) is 31.1 Å². The Morgan fingerprint density at radius 2 is 2.05 bits per heavy atom. The van der Waals surface area contributed by atoms with Crippen molar-refractivity contribution < 1.29 is 0 Å². The van der Waals surface area contributed by atoms with Crippen molar-refractivity contribution in [2.24, 2.45) is 0 Å². The number of aromatic nitrogens is 2. The van der Waals surface area contributed by atoms with Crippen molar-refractivity contribution in [3.05, 3.63) is 17.3 Å². The Morgan fingerprint density at radius 1 is 1.20 bits per heavy atom. The monoisotopic (exact) mass is 288 g/mol. The molecule has 0 saturated carbocycles. The molecule has 5 heteroatoms. The minimum atomic E-state index is 0.726. The molecule has 2 saturated heterocycles. The molecule has 0 unspecified atom stereocenters. The van der Waals surface area contributed by atoms with E-state index >= 15 is 0 Å². The zero-order valence-corrected chi connectivity index (χ0v) is 12.7. The minimum absolute atomic E-state index is 0.726. The lowest BCUT2D eigenvalue weighted by Gasteiger charge is -2.24. The van der Waals surface area contributed by atoms with Crippen molar-refractivity contribution in [1.29, 1.82) is 0 Å². The van der Waals surface area contributed by atoms with Gasteiger partial charge in [-0.3, -0.25) is 4.90 Å². The van der Waals surface area contributed by atoms with Gasteiger partial charge in [-0.05, 0) is 50.2 Å².